The Labute approximate surface area is 119 Å². The highest BCUT2D eigenvalue weighted by Gasteiger charge is 2.27. The number of hydrogen-bond acceptors (Lipinski definition) is 4. The maximum absolute atomic E-state index is 12.3. The van der Waals surface area contributed by atoms with E-state index in [-0.39, 0.29) is 11.9 Å². The van der Waals surface area contributed by atoms with Crippen LogP contribution in [-0.2, 0) is 16.4 Å². The van der Waals surface area contributed by atoms with Crippen molar-refractivity contribution in [3.05, 3.63) is 23.7 Å². The number of nitrogens with one attached hydrogen (secondary N) is 1. The lowest BCUT2D eigenvalue weighted by molar-refractivity contribution is 0.0669. The normalized spacial score (nSPS) is 20.1. The molecule has 1 N–H and O–H groups in total. The zero-order chi connectivity index (χ0) is 14.8. The molecule has 0 spiro atoms. The predicted octanol–water partition coefficient (Wildman–Crippen LogP) is 0.996. The van der Waals surface area contributed by atoms with E-state index in [0.717, 1.165) is 31.3 Å². The van der Waals surface area contributed by atoms with E-state index >= 15 is 0 Å². The third-order valence-electron chi connectivity index (χ3n) is 3.31. The summed E-state index contributed by atoms with van der Waals surface area (Å²) in [4.78, 5) is 13.9. The Bertz CT molecular complexity index is 579. The molecule has 0 aromatic carbocycles. The van der Waals surface area contributed by atoms with Crippen LogP contribution >= 0.6 is 0 Å². The van der Waals surface area contributed by atoms with Gasteiger partial charge in [0.1, 0.15) is 5.76 Å². The molecule has 1 aromatic rings. The second-order valence-corrected chi connectivity index (χ2v) is 6.88. The molecule has 112 valence electrons. The monoisotopic (exact) mass is 300 g/mol. The Hall–Kier alpha value is -1.34. The summed E-state index contributed by atoms with van der Waals surface area (Å²) in [6.45, 7) is 2.97. The lowest BCUT2D eigenvalue weighted by atomic mass is 10.1. The molecular formula is C13H20N2O4S. The Kier molecular flexibility index (Phi) is 4.49. The van der Waals surface area contributed by atoms with Crippen molar-refractivity contribution < 1.29 is 17.6 Å². The first-order valence-electron chi connectivity index (χ1n) is 6.74. The molecule has 7 heteroatoms. The average molecular weight is 300 g/mol. The zero-order valence-corrected chi connectivity index (χ0v) is 12.6. The van der Waals surface area contributed by atoms with E-state index in [9.17, 15) is 13.2 Å². The Morgan fingerprint density at radius 2 is 2.25 bits per heavy atom. The first kappa shape index (κ1) is 15.1. The van der Waals surface area contributed by atoms with Gasteiger partial charge in [0.25, 0.3) is 5.91 Å². The fraction of sp³-hybridized carbons (Fsp3) is 0.615. The van der Waals surface area contributed by atoms with Crippen LogP contribution in [0, 0.1) is 0 Å². The minimum atomic E-state index is -3.25. The van der Waals surface area contributed by atoms with Gasteiger partial charge in [-0.15, -0.1) is 0 Å². The maximum atomic E-state index is 12.3. The van der Waals surface area contributed by atoms with E-state index < -0.39 is 10.0 Å². The number of aryl methyl sites for hydroxylation is 1. The van der Waals surface area contributed by atoms with Crippen molar-refractivity contribution in [2.24, 2.45) is 0 Å². The largest absolute Gasteiger partial charge is 0.456 e. The molecule has 1 saturated heterocycles. The summed E-state index contributed by atoms with van der Waals surface area (Å²) >= 11 is 0. The van der Waals surface area contributed by atoms with Gasteiger partial charge in [-0.25, -0.2) is 13.1 Å². The molecule has 20 heavy (non-hydrogen) atoms. The van der Waals surface area contributed by atoms with Crippen LogP contribution in [0.1, 0.15) is 36.1 Å². The zero-order valence-electron chi connectivity index (χ0n) is 11.8. The summed E-state index contributed by atoms with van der Waals surface area (Å²) in [6.07, 6.45) is 3.40. The fourth-order valence-electron chi connectivity index (χ4n) is 2.40. The highest BCUT2D eigenvalue weighted by Crippen LogP contribution is 2.16. The lowest BCUT2D eigenvalue weighted by Crippen LogP contribution is -2.49. The van der Waals surface area contributed by atoms with Crippen LogP contribution in [0.2, 0.25) is 0 Å². The number of carbonyl (C=O) groups is 1. The summed E-state index contributed by atoms with van der Waals surface area (Å²) in [5, 5.41) is 0. The van der Waals surface area contributed by atoms with Crippen molar-refractivity contribution in [2.45, 2.75) is 32.2 Å². The van der Waals surface area contributed by atoms with Gasteiger partial charge < -0.3 is 9.32 Å². The molecule has 6 nitrogen and oxygen atoms in total. The summed E-state index contributed by atoms with van der Waals surface area (Å²) in [7, 11) is -3.25. The summed E-state index contributed by atoms with van der Waals surface area (Å²) in [5.41, 5.74) is 0. The molecule has 1 atom stereocenters. The molecule has 0 radical (unpaired) electrons. The smallest absolute Gasteiger partial charge is 0.289 e. The van der Waals surface area contributed by atoms with Crippen LogP contribution in [0.3, 0.4) is 0 Å². The molecule has 1 fully saturated rings. The molecule has 2 heterocycles. The standard InChI is InChI=1S/C13H20N2O4S/c1-3-11-6-7-12(19-11)13(16)15-8-4-5-10(9-15)14-20(2,17)18/h6-7,10,14H,3-5,8-9H2,1-2H3/t10-/m0/s1. The number of rotatable bonds is 4. The van der Waals surface area contributed by atoms with E-state index in [0.29, 0.717) is 18.8 Å². The lowest BCUT2D eigenvalue weighted by Gasteiger charge is -2.32. The second kappa shape index (κ2) is 5.97. The summed E-state index contributed by atoms with van der Waals surface area (Å²) in [5.74, 6) is 0.919. The fourth-order valence-corrected chi connectivity index (χ4v) is 3.20. The molecular weight excluding hydrogens is 280 g/mol. The SMILES string of the molecule is CCc1ccc(C(=O)N2CCC[C@H](NS(C)(=O)=O)C2)o1. The molecule has 0 unspecified atom stereocenters. The van der Waals surface area contributed by atoms with Gasteiger partial charge in [-0.1, -0.05) is 6.92 Å². The van der Waals surface area contributed by atoms with E-state index in [1.807, 2.05) is 6.92 Å². The van der Waals surface area contributed by atoms with Crippen LogP contribution in [0.25, 0.3) is 0 Å². The number of carbonyl (C=O) groups excluding carboxylic acids is 1. The first-order valence-corrected chi connectivity index (χ1v) is 8.63. The number of nitrogens with zero attached hydrogens (tertiary/aromatic N) is 1. The number of amides is 1. The molecule has 1 aromatic heterocycles. The molecule has 1 amide bonds. The van der Waals surface area contributed by atoms with Crippen LogP contribution in [-0.4, -0.2) is 44.6 Å². The van der Waals surface area contributed by atoms with Gasteiger partial charge in [0.05, 0.1) is 6.26 Å². The Balaban J connectivity index is 2.03. The van der Waals surface area contributed by atoms with Crippen molar-refractivity contribution in [2.75, 3.05) is 19.3 Å². The van der Waals surface area contributed by atoms with E-state index in [2.05, 4.69) is 4.72 Å². The molecule has 0 bridgehead atoms. The van der Waals surface area contributed by atoms with Crippen molar-refractivity contribution in [1.82, 2.24) is 9.62 Å². The number of likely N-dealkylation sites (tertiary alicyclic amines) is 1. The highest BCUT2D eigenvalue weighted by molar-refractivity contribution is 7.88. The third-order valence-corrected chi connectivity index (χ3v) is 4.07. The Morgan fingerprint density at radius 1 is 1.50 bits per heavy atom. The third kappa shape index (κ3) is 3.83. The number of furan rings is 1. The van der Waals surface area contributed by atoms with Crippen LogP contribution < -0.4 is 4.72 Å². The van der Waals surface area contributed by atoms with Gasteiger partial charge >= 0.3 is 0 Å². The molecule has 0 saturated carbocycles. The molecule has 0 aliphatic carbocycles. The van der Waals surface area contributed by atoms with Crippen LogP contribution in [0.5, 0.6) is 0 Å². The van der Waals surface area contributed by atoms with Gasteiger partial charge in [0.2, 0.25) is 10.0 Å². The average Bonchev–Trinajstić information content (AvgIpc) is 2.85. The minimum Gasteiger partial charge on any atom is -0.456 e. The van der Waals surface area contributed by atoms with Crippen LogP contribution in [0.4, 0.5) is 0 Å². The van der Waals surface area contributed by atoms with Gasteiger partial charge in [0, 0.05) is 25.6 Å². The second-order valence-electron chi connectivity index (χ2n) is 5.10. The van der Waals surface area contributed by atoms with Crippen molar-refractivity contribution in [1.29, 1.82) is 0 Å². The van der Waals surface area contributed by atoms with Crippen LogP contribution in [0.15, 0.2) is 16.5 Å². The quantitative estimate of drug-likeness (QED) is 0.899. The maximum Gasteiger partial charge on any atom is 0.289 e. The van der Waals surface area contributed by atoms with Crippen molar-refractivity contribution in [3.8, 4) is 0 Å². The Morgan fingerprint density at radius 3 is 2.85 bits per heavy atom. The first-order chi connectivity index (χ1) is 9.39. The van der Waals surface area contributed by atoms with Gasteiger partial charge in [-0.2, -0.15) is 0 Å². The molecule has 2 rings (SSSR count). The number of piperidine rings is 1. The predicted molar refractivity (Wildman–Crippen MR) is 75.0 cm³/mol. The van der Waals surface area contributed by atoms with Gasteiger partial charge in [-0.05, 0) is 25.0 Å². The number of hydrogen-bond donors (Lipinski definition) is 1. The van der Waals surface area contributed by atoms with Gasteiger partial charge in [0.15, 0.2) is 5.76 Å². The van der Waals surface area contributed by atoms with E-state index in [4.69, 9.17) is 4.42 Å². The molecule has 1 aliphatic heterocycles. The highest BCUT2D eigenvalue weighted by atomic mass is 32.2. The van der Waals surface area contributed by atoms with E-state index in [1.165, 1.54) is 0 Å². The number of sulfonamides is 1. The summed E-state index contributed by atoms with van der Waals surface area (Å²) in [6, 6.07) is 3.25. The molecule has 1 aliphatic rings. The topological polar surface area (TPSA) is 79.6 Å². The van der Waals surface area contributed by atoms with E-state index in [1.54, 1.807) is 17.0 Å². The van der Waals surface area contributed by atoms with Crippen molar-refractivity contribution >= 4 is 15.9 Å². The van der Waals surface area contributed by atoms with Crippen molar-refractivity contribution in [3.63, 3.8) is 0 Å². The summed E-state index contributed by atoms with van der Waals surface area (Å²) < 4.78 is 30.5. The minimum absolute atomic E-state index is 0.176. The van der Waals surface area contributed by atoms with Gasteiger partial charge in [-0.3, -0.25) is 4.79 Å².